The molecule has 0 spiro atoms. The Morgan fingerprint density at radius 1 is 1.16 bits per heavy atom. The first-order valence-electron chi connectivity index (χ1n) is 10.8. The number of carbonyl (C=O) groups excluding carboxylic acids is 1. The van der Waals surface area contributed by atoms with E-state index in [1.54, 1.807) is 17.8 Å². The Kier molecular flexibility index (Phi) is 13.3. The Morgan fingerprint density at radius 3 is 2.56 bits per heavy atom. The summed E-state index contributed by atoms with van der Waals surface area (Å²) in [6, 6.07) is 6.94. The molecule has 0 fully saturated rings. The van der Waals surface area contributed by atoms with Crippen molar-refractivity contribution in [2.24, 2.45) is 13.0 Å². The average Bonchev–Trinajstić information content (AvgIpc) is 2.79. The first-order valence-corrected chi connectivity index (χ1v) is 15.5. The van der Waals surface area contributed by atoms with Gasteiger partial charge >= 0.3 is 180 Å². The van der Waals surface area contributed by atoms with Gasteiger partial charge in [0, 0.05) is 0 Å². The standard InChI is InChI=1S/C23H32FNO3S3Se/c1-4-17(2)23(26)28-9-12-30-10-7-27-8-11-31-13-14-32-21-16-22(29)25(3)20-6-5-18(24)15-19(20)21/h5-6,15-17H,4,7-14H2,1-3H3. The molecular formula is C23H32FNO3S3Se. The minimum atomic E-state index is -0.205. The Bertz CT molecular complexity index is 925. The average molecular weight is 565 g/mol. The summed E-state index contributed by atoms with van der Waals surface area (Å²) < 4.78 is 28.5. The van der Waals surface area contributed by atoms with Gasteiger partial charge in [-0.1, -0.05) is 13.8 Å². The van der Waals surface area contributed by atoms with Crippen molar-refractivity contribution in [3.05, 3.63) is 34.7 Å². The van der Waals surface area contributed by atoms with Crippen LogP contribution in [0.25, 0.3) is 10.9 Å². The molecule has 0 N–H and O–H groups in total. The van der Waals surface area contributed by atoms with Crippen molar-refractivity contribution in [2.75, 3.05) is 42.8 Å². The van der Waals surface area contributed by atoms with Crippen molar-refractivity contribution >= 4 is 72.0 Å². The molecule has 1 atom stereocenters. The normalized spacial score (nSPS) is 12.2. The number of hydrogen-bond donors (Lipinski definition) is 0. The van der Waals surface area contributed by atoms with E-state index < -0.39 is 0 Å². The molecule has 0 aliphatic rings. The van der Waals surface area contributed by atoms with Crippen LogP contribution < -0.4 is 4.46 Å². The van der Waals surface area contributed by atoms with Gasteiger partial charge in [-0.05, 0) is 6.42 Å². The molecule has 0 radical (unpaired) electrons. The maximum atomic E-state index is 13.7. The number of nitrogens with zero attached hydrogens (tertiary/aromatic N) is 1. The Labute approximate surface area is 210 Å². The van der Waals surface area contributed by atoms with E-state index in [9.17, 15) is 9.18 Å². The first-order chi connectivity index (χ1) is 15.4. The molecule has 1 aromatic heterocycles. The summed E-state index contributed by atoms with van der Waals surface area (Å²) in [6.07, 6.45) is 0.816. The van der Waals surface area contributed by atoms with Gasteiger partial charge in [0.25, 0.3) is 0 Å². The monoisotopic (exact) mass is 565 g/mol. The number of halogens is 1. The third-order valence-electron chi connectivity index (χ3n) is 4.89. The van der Waals surface area contributed by atoms with Crippen molar-refractivity contribution < 1.29 is 18.7 Å². The number of benzene rings is 1. The van der Waals surface area contributed by atoms with Crippen LogP contribution in [0.5, 0.6) is 0 Å². The zero-order valence-corrected chi connectivity index (χ0v) is 23.1. The fourth-order valence-corrected chi connectivity index (χ4v) is 7.26. The predicted octanol–water partition coefficient (Wildman–Crippen LogP) is 4.87. The van der Waals surface area contributed by atoms with E-state index in [0.717, 1.165) is 56.9 Å². The summed E-state index contributed by atoms with van der Waals surface area (Å²) >= 11 is 9.35. The number of aryl methyl sites for hydroxylation is 1. The van der Waals surface area contributed by atoms with Gasteiger partial charge in [-0.25, -0.2) is 0 Å². The van der Waals surface area contributed by atoms with Crippen LogP contribution in [0.15, 0.2) is 24.3 Å². The molecule has 0 amide bonds. The van der Waals surface area contributed by atoms with Crippen LogP contribution in [-0.2, 0) is 21.3 Å². The van der Waals surface area contributed by atoms with Gasteiger partial charge in [-0.3, -0.25) is 4.79 Å². The van der Waals surface area contributed by atoms with Crippen molar-refractivity contribution in [1.29, 1.82) is 0 Å². The van der Waals surface area contributed by atoms with Crippen LogP contribution in [0.1, 0.15) is 20.3 Å². The van der Waals surface area contributed by atoms with E-state index in [0.29, 0.717) is 13.2 Å². The first kappa shape index (κ1) is 27.7. The number of aromatic nitrogens is 1. The number of thioether (sulfide) groups is 2. The second kappa shape index (κ2) is 15.4. The number of pyridine rings is 1. The summed E-state index contributed by atoms with van der Waals surface area (Å²) in [5.41, 5.74) is 0.989. The van der Waals surface area contributed by atoms with Gasteiger partial charge < -0.3 is 0 Å². The van der Waals surface area contributed by atoms with Crippen LogP contribution in [0.3, 0.4) is 0 Å². The molecule has 1 heterocycles. The van der Waals surface area contributed by atoms with Gasteiger partial charge in [-0.2, -0.15) is 0 Å². The van der Waals surface area contributed by atoms with E-state index in [4.69, 9.17) is 21.7 Å². The molecule has 2 aromatic rings. The zero-order chi connectivity index (χ0) is 23.3. The van der Waals surface area contributed by atoms with Crippen LogP contribution >= 0.6 is 35.7 Å². The van der Waals surface area contributed by atoms with Gasteiger partial charge in [-0.15, -0.1) is 0 Å². The Morgan fingerprint density at radius 2 is 1.84 bits per heavy atom. The molecule has 1 aromatic carbocycles. The number of rotatable bonds is 15. The SMILES string of the molecule is CCC(C)C(=O)OCCSCCOCCSCC[Se]c1cc(=S)n(C)c2ccc(F)cc12. The Hall–Kier alpha value is -0.571. The molecular weight excluding hydrogens is 532 g/mol. The number of hydrogen-bond acceptors (Lipinski definition) is 6. The van der Waals surface area contributed by atoms with Crippen molar-refractivity contribution in [3.8, 4) is 0 Å². The van der Waals surface area contributed by atoms with E-state index in [2.05, 4.69) is 0 Å². The van der Waals surface area contributed by atoms with Crippen LogP contribution in [0, 0.1) is 16.4 Å². The fraction of sp³-hybridized carbons (Fsp3) is 0.565. The molecule has 0 saturated heterocycles. The van der Waals surface area contributed by atoms with E-state index in [1.165, 1.54) is 10.5 Å². The molecule has 9 heteroatoms. The molecule has 0 saturated carbocycles. The maximum absolute atomic E-state index is 13.7. The fourth-order valence-electron chi connectivity index (χ4n) is 2.79. The van der Waals surface area contributed by atoms with Gasteiger partial charge in [0.15, 0.2) is 0 Å². The third-order valence-corrected chi connectivity index (χ3v) is 9.94. The third kappa shape index (κ3) is 9.35. The summed E-state index contributed by atoms with van der Waals surface area (Å²) in [7, 11) is 1.93. The number of carbonyl (C=O) groups is 1. The summed E-state index contributed by atoms with van der Waals surface area (Å²) in [4.78, 5) is 11.6. The van der Waals surface area contributed by atoms with E-state index in [1.807, 2.05) is 49.4 Å². The minimum absolute atomic E-state index is 0.0144. The summed E-state index contributed by atoms with van der Waals surface area (Å²) in [6.45, 7) is 5.81. The van der Waals surface area contributed by atoms with Crippen molar-refractivity contribution in [2.45, 2.75) is 25.6 Å². The van der Waals surface area contributed by atoms with Crippen LogP contribution in [0.4, 0.5) is 4.39 Å². The Balaban J connectivity index is 1.53. The van der Waals surface area contributed by atoms with Gasteiger partial charge in [0.05, 0.1) is 5.92 Å². The molecule has 0 aliphatic heterocycles. The predicted molar refractivity (Wildman–Crippen MR) is 140 cm³/mol. The van der Waals surface area contributed by atoms with Crippen LogP contribution in [-0.4, -0.2) is 68.3 Å². The number of esters is 1. The summed E-state index contributed by atoms with van der Waals surface area (Å²) in [5, 5.41) is 2.05. The molecule has 2 rings (SSSR count). The summed E-state index contributed by atoms with van der Waals surface area (Å²) in [5.74, 6) is 3.43. The molecule has 0 aliphatic carbocycles. The molecule has 0 bridgehead atoms. The number of fused-ring (bicyclic) bond motifs is 1. The second-order valence-corrected chi connectivity index (χ2v) is 12.5. The van der Waals surface area contributed by atoms with Gasteiger partial charge in [0.1, 0.15) is 0 Å². The molecule has 4 nitrogen and oxygen atoms in total. The van der Waals surface area contributed by atoms with Crippen LogP contribution in [0.2, 0.25) is 5.32 Å². The topological polar surface area (TPSA) is 40.5 Å². The second-order valence-electron chi connectivity index (χ2n) is 7.23. The molecule has 1 unspecified atom stereocenters. The van der Waals surface area contributed by atoms with E-state index >= 15 is 0 Å². The quantitative estimate of drug-likeness (QED) is 0.133. The van der Waals surface area contributed by atoms with Crippen molar-refractivity contribution in [1.82, 2.24) is 4.57 Å². The molecule has 178 valence electrons. The zero-order valence-electron chi connectivity index (χ0n) is 18.9. The van der Waals surface area contributed by atoms with Gasteiger partial charge in [0.2, 0.25) is 0 Å². The number of ether oxygens (including phenoxy) is 2. The van der Waals surface area contributed by atoms with E-state index in [-0.39, 0.29) is 32.7 Å². The van der Waals surface area contributed by atoms with Crippen molar-refractivity contribution in [3.63, 3.8) is 0 Å². The molecule has 32 heavy (non-hydrogen) atoms.